The van der Waals surface area contributed by atoms with Crippen LogP contribution in [0.4, 0.5) is 0 Å². The number of halogens is 2. The molecule has 7 heteroatoms. The molecule has 1 N–H and O–H groups in total. The maximum absolute atomic E-state index is 8.92. The minimum absolute atomic E-state index is 0.361. The monoisotopic (exact) mass is 400 g/mol. The molecule has 0 radical (unpaired) electrons. The number of rotatable bonds is 3. The number of hydrogen-bond acceptors (Lipinski definition) is 5. The lowest BCUT2D eigenvalue weighted by molar-refractivity contribution is -0.110. The van der Waals surface area contributed by atoms with Crippen LogP contribution in [0.3, 0.4) is 0 Å². The third-order valence-corrected chi connectivity index (χ3v) is 4.76. The van der Waals surface area contributed by atoms with Crippen molar-refractivity contribution in [1.82, 2.24) is 9.88 Å². The molecule has 0 amide bonds. The van der Waals surface area contributed by atoms with Gasteiger partial charge < -0.3 is 14.6 Å². The van der Waals surface area contributed by atoms with Crippen LogP contribution < -0.4 is 4.74 Å². The van der Waals surface area contributed by atoms with Gasteiger partial charge in [0.05, 0.1) is 24.3 Å². The summed E-state index contributed by atoms with van der Waals surface area (Å²) in [5.74, 6) is 0.604. The summed E-state index contributed by atoms with van der Waals surface area (Å²) in [5, 5.41) is 9.47. The molecular weight excluding hydrogens is 375 g/mol. The Morgan fingerprint density at radius 1 is 1.27 bits per heavy atom. The van der Waals surface area contributed by atoms with Gasteiger partial charge >= 0.3 is 0 Å². The average Bonchev–Trinajstić information content (AvgIpc) is 3.07. The van der Waals surface area contributed by atoms with Crippen molar-refractivity contribution in [2.24, 2.45) is 0 Å². The van der Waals surface area contributed by atoms with E-state index in [0.717, 1.165) is 36.1 Å². The smallest absolute Gasteiger partial charge is 0.145 e. The van der Waals surface area contributed by atoms with Gasteiger partial charge in [-0.1, -0.05) is 44.0 Å². The molecular formula is C19H26Cl2N2O3. The number of pyridine rings is 1. The van der Waals surface area contributed by atoms with Gasteiger partial charge in [0.1, 0.15) is 17.1 Å². The molecule has 26 heavy (non-hydrogen) atoms. The summed E-state index contributed by atoms with van der Waals surface area (Å²) in [6.07, 6.45) is 1.33. The molecule has 1 aliphatic heterocycles. The summed E-state index contributed by atoms with van der Waals surface area (Å²) in [5.41, 5.74) is 4.51. The fourth-order valence-corrected chi connectivity index (χ4v) is 3.33. The molecule has 3 rings (SSSR count). The molecule has 0 saturated heterocycles. The highest BCUT2D eigenvalue weighted by Crippen LogP contribution is 2.41. The lowest BCUT2D eigenvalue weighted by Crippen LogP contribution is -2.08. The van der Waals surface area contributed by atoms with Crippen LogP contribution in [-0.4, -0.2) is 42.0 Å². The van der Waals surface area contributed by atoms with Gasteiger partial charge in [-0.15, -0.1) is 0 Å². The van der Waals surface area contributed by atoms with Crippen LogP contribution in [-0.2, 0) is 24.3 Å². The highest BCUT2D eigenvalue weighted by Gasteiger charge is 2.25. The molecule has 0 aliphatic carbocycles. The van der Waals surface area contributed by atoms with Crippen molar-refractivity contribution >= 4 is 40.4 Å². The Morgan fingerprint density at radius 2 is 1.85 bits per heavy atom. The maximum atomic E-state index is 8.92. The largest absolute Gasteiger partial charge is 0.495 e. The Morgan fingerprint density at radius 3 is 2.35 bits per heavy atom. The normalized spacial score (nSPS) is 12.6. The molecule has 144 valence electrons. The number of methoxy groups -OCH3 is 1. The van der Waals surface area contributed by atoms with Crippen LogP contribution in [0.15, 0.2) is 6.07 Å². The number of carbonyl (C=O) groups is 1. The van der Waals surface area contributed by atoms with E-state index in [4.69, 9.17) is 42.8 Å². The first-order valence-electron chi connectivity index (χ1n) is 8.57. The number of aliphatic hydroxyl groups is 1. The van der Waals surface area contributed by atoms with Crippen molar-refractivity contribution in [3.05, 3.63) is 32.9 Å². The van der Waals surface area contributed by atoms with Crippen LogP contribution in [0.1, 0.15) is 37.6 Å². The topological polar surface area (TPSA) is 62.7 Å². The summed E-state index contributed by atoms with van der Waals surface area (Å²) < 4.78 is 5.32. The summed E-state index contributed by atoms with van der Waals surface area (Å²) in [7, 11) is 3.71. The maximum Gasteiger partial charge on any atom is 0.145 e. The second-order valence-electron chi connectivity index (χ2n) is 5.49. The van der Waals surface area contributed by atoms with Crippen LogP contribution in [0.25, 0.3) is 10.9 Å². The van der Waals surface area contributed by atoms with Gasteiger partial charge in [-0.05, 0) is 30.7 Å². The van der Waals surface area contributed by atoms with Crippen molar-refractivity contribution < 1.29 is 14.6 Å². The van der Waals surface area contributed by atoms with Crippen LogP contribution in [0, 0.1) is 0 Å². The minimum Gasteiger partial charge on any atom is -0.495 e. The van der Waals surface area contributed by atoms with Crippen molar-refractivity contribution in [3.63, 3.8) is 0 Å². The van der Waals surface area contributed by atoms with E-state index in [1.165, 1.54) is 11.1 Å². The molecule has 0 fully saturated rings. The van der Waals surface area contributed by atoms with Crippen LogP contribution >= 0.6 is 23.2 Å². The fraction of sp³-hybridized carbons (Fsp3) is 0.474. The molecule has 1 aliphatic rings. The Balaban J connectivity index is 0.000000500. The molecule has 2 aromatic rings. The molecule has 2 heterocycles. The zero-order valence-electron chi connectivity index (χ0n) is 15.9. The zero-order valence-corrected chi connectivity index (χ0v) is 17.4. The molecule has 0 saturated carbocycles. The number of ether oxygens (including phenoxy) is 1. The van der Waals surface area contributed by atoms with Crippen molar-refractivity contribution in [3.8, 4) is 5.75 Å². The third-order valence-electron chi connectivity index (χ3n) is 3.92. The Kier molecular flexibility index (Phi) is 9.30. The molecule has 0 spiro atoms. The average molecular weight is 401 g/mol. The highest BCUT2D eigenvalue weighted by atomic mass is 35.5. The number of nitrogens with zero attached hydrogens (tertiary/aromatic N) is 2. The van der Waals surface area contributed by atoms with E-state index in [-0.39, 0.29) is 6.61 Å². The van der Waals surface area contributed by atoms with E-state index >= 15 is 0 Å². The molecule has 1 aromatic heterocycles. The number of fused-ring (bicyclic) bond motifs is 3. The molecule has 1 aromatic carbocycles. The number of carbonyl (C=O) groups excluding carboxylic acids is 1. The Hall–Kier alpha value is -1.40. The zero-order chi connectivity index (χ0) is 19.9. The number of aliphatic hydroxyl groups excluding tert-OH is 1. The number of aldehydes is 1. The Bertz CT molecular complexity index is 767. The SMILES string of the molecule is CC.CCc1nc2c(Cl)c(Cl)c(OC)cc2c2c1CN(C)C2.O=CCO. The molecule has 0 bridgehead atoms. The van der Waals surface area contributed by atoms with E-state index < -0.39 is 0 Å². The molecule has 0 unspecified atom stereocenters. The highest BCUT2D eigenvalue weighted by molar-refractivity contribution is 6.46. The van der Waals surface area contributed by atoms with Crippen molar-refractivity contribution in [1.29, 1.82) is 0 Å². The number of aryl methyl sites for hydroxylation is 1. The second-order valence-corrected chi connectivity index (χ2v) is 6.25. The Labute approximate surface area is 164 Å². The first-order valence-corrected chi connectivity index (χ1v) is 9.33. The number of hydrogen-bond donors (Lipinski definition) is 1. The van der Waals surface area contributed by atoms with Crippen LogP contribution in [0.2, 0.25) is 10.0 Å². The van der Waals surface area contributed by atoms with Gasteiger partial charge in [-0.3, -0.25) is 9.88 Å². The molecule has 5 nitrogen and oxygen atoms in total. The van der Waals surface area contributed by atoms with Gasteiger partial charge in [0.15, 0.2) is 0 Å². The van der Waals surface area contributed by atoms with E-state index in [1.54, 1.807) is 7.11 Å². The first kappa shape index (κ1) is 22.6. The standard InChI is InChI=1S/C15H16Cl2N2O.C2H4O2.C2H6/c1-4-11-10-7-19(2)6-9(10)8-5-12(20-3)13(16)14(17)15(8)18-11;3-1-2-4;1-2/h5H,4,6-7H2,1-3H3;1,4H,2H2;1-2H3. The summed E-state index contributed by atoms with van der Waals surface area (Å²) in [4.78, 5) is 15.9. The lowest BCUT2D eigenvalue weighted by atomic mass is 10.0. The molecule has 0 atom stereocenters. The van der Waals surface area contributed by atoms with Crippen molar-refractivity contribution in [2.75, 3.05) is 20.8 Å². The minimum atomic E-state index is -0.361. The van der Waals surface area contributed by atoms with Gasteiger partial charge in [0.2, 0.25) is 0 Å². The summed E-state index contributed by atoms with van der Waals surface area (Å²) >= 11 is 12.6. The first-order chi connectivity index (χ1) is 12.5. The summed E-state index contributed by atoms with van der Waals surface area (Å²) in [6.45, 7) is 7.60. The van der Waals surface area contributed by atoms with Gasteiger partial charge in [0, 0.05) is 24.2 Å². The van der Waals surface area contributed by atoms with E-state index in [2.05, 4.69) is 18.9 Å². The predicted molar refractivity (Wildman–Crippen MR) is 107 cm³/mol. The quantitative estimate of drug-likeness (QED) is 0.779. The fourth-order valence-electron chi connectivity index (χ4n) is 2.88. The van der Waals surface area contributed by atoms with Gasteiger partial charge in [-0.2, -0.15) is 0 Å². The predicted octanol–water partition coefficient (Wildman–Crippen LogP) is 4.26. The van der Waals surface area contributed by atoms with E-state index in [9.17, 15) is 0 Å². The second kappa shape index (κ2) is 10.7. The lowest BCUT2D eigenvalue weighted by Gasteiger charge is -2.13. The number of aromatic nitrogens is 1. The van der Waals surface area contributed by atoms with E-state index in [1.807, 2.05) is 19.9 Å². The van der Waals surface area contributed by atoms with Crippen molar-refractivity contribution in [2.45, 2.75) is 40.3 Å². The van der Waals surface area contributed by atoms with Gasteiger partial charge in [-0.25, -0.2) is 0 Å². The third kappa shape index (κ3) is 4.65. The van der Waals surface area contributed by atoms with E-state index in [0.29, 0.717) is 22.1 Å². The van der Waals surface area contributed by atoms with Gasteiger partial charge in [0.25, 0.3) is 0 Å². The number of benzene rings is 1. The van der Waals surface area contributed by atoms with Crippen LogP contribution in [0.5, 0.6) is 5.75 Å². The summed E-state index contributed by atoms with van der Waals surface area (Å²) in [6, 6.07) is 1.95.